The minimum Gasteiger partial charge on any atom is -0.497 e. The van der Waals surface area contributed by atoms with Crippen molar-refractivity contribution in [2.24, 2.45) is 0 Å². The first-order valence-corrected chi connectivity index (χ1v) is 6.04. The summed E-state index contributed by atoms with van der Waals surface area (Å²) in [5.41, 5.74) is -0.262. The van der Waals surface area contributed by atoms with E-state index >= 15 is 0 Å². The Bertz CT molecular complexity index is 662. The van der Waals surface area contributed by atoms with Gasteiger partial charge in [-0.05, 0) is 34.1 Å². The molecule has 0 amide bonds. The zero-order chi connectivity index (χ0) is 14.9. The first-order chi connectivity index (χ1) is 9.43. The van der Waals surface area contributed by atoms with Crippen LogP contribution in [0.25, 0.3) is 11.5 Å². The summed E-state index contributed by atoms with van der Waals surface area (Å²) in [6.07, 6.45) is 0. The fourth-order valence-electron chi connectivity index (χ4n) is 1.52. The minimum atomic E-state index is -1.50. The van der Waals surface area contributed by atoms with Gasteiger partial charge in [0.25, 0.3) is 0 Å². The van der Waals surface area contributed by atoms with Crippen LogP contribution in [0.1, 0.15) is 21.0 Å². The standard InChI is InChI=1S/C12H8BrNO6/c1-19-5-2-3-7(13)6(4-5)10-14-8(11(15)16)9(20-10)12(17)18/h2-4H,1H3,(H,15,16)(H,17,18). The van der Waals surface area contributed by atoms with E-state index in [0.29, 0.717) is 15.8 Å². The summed E-state index contributed by atoms with van der Waals surface area (Å²) in [4.78, 5) is 25.6. The highest BCUT2D eigenvalue weighted by molar-refractivity contribution is 9.10. The lowest BCUT2D eigenvalue weighted by Gasteiger charge is -2.03. The van der Waals surface area contributed by atoms with Crippen LogP contribution in [0.5, 0.6) is 5.75 Å². The zero-order valence-electron chi connectivity index (χ0n) is 10.1. The third-order valence-electron chi connectivity index (χ3n) is 2.43. The molecule has 0 spiro atoms. The van der Waals surface area contributed by atoms with Gasteiger partial charge < -0.3 is 19.4 Å². The molecule has 104 valence electrons. The van der Waals surface area contributed by atoms with Gasteiger partial charge in [0.05, 0.1) is 12.7 Å². The number of oxazole rings is 1. The molecule has 0 atom stereocenters. The van der Waals surface area contributed by atoms with E-state index in [2.05, 4.69) is 20.9 Å². The number of nitrogens with zero attached hydrogens (tertiary/aromatic N) is 1. The highest BCUT2D eigenvalue weighted by atomic mass is 79.9. The van der Waals surface area contributed by atoms with Gasteiger partial charge in [-0.3, -0.25) is 0 Å². The van der Waals surface area contributed by atoms with Gasteiger partial charge in [0, 0.05) is 4.47 Å². The topological polar surface area (TPSA) is 110 Å². The molecule has 0 aliphatic heterocycles. The van der Waals surface area contributed by atoms with Crippen molar-refractivity contribution in [3.8, 4) is 17.2 Å². The average Bonchev–Trinajstić information content (AvgIpc) is 2.84. The van der Waals surface area contributed by atoms with Crippen molar-refractivity contribution < 1.29 is 29.0 Å². The van der Waals surface area contributed by atoms with Gasteiger partial charge in [0.15, 0.2) is 0 Å². The number of carbonyl (C=O) groups is 2. The Morgan fingerprint density at radius 1 is 1.30 bits per heavy atom. The highest BCUT2D eigenvalue weighted by Gasteiger charge is 2.26. The molecule has 1 heterocycles. The lowest BCUT2D eigenvalue weighted by molar-refractivity contribution is 0.0624. The van der Waals surface area contributed by atoms with Crippen LogP contribution in [0.4, 0.5) is 0 Å². The van der Waals surface area contributed by atoms with E-state index in [-0.39, 0.29) is 5.89 Å². The molecule has 2 rings (SSSR count). The number of aromatic carboxylic acids is 2. The molecule has 1 aromatic heterocycles. The highest BCUT2D eigenvalue weighted by Crippen LogP contribution is 2.32. The molecule has 2 N–H and O–H groups in total. The van der Waals surface area contributed by atoms with Crippen molar-refractivity contribution in [2.45, 2.75) is 0 Å². The van der Waals surface area contributed by atoms with Crippen molar-refractivity contribution in [1.29, 1.82) is 0 Å². The summed E-state index contributed by atoms with van der Waals surface area (Å²) in [7, 11) is 1.47. The van der Waals surface area contributed by atoms with Gasteiger partial charge in [-0.15, -0.1) is 0 Å². The quantitative estimate of drug-likeness (QED) is 0.878. The van der Waals surface area contributed by atoms with E-state index < -0.39 is 23.4 Å². The number of benzene rings is 1. The number of ether oxygens (including phenoxy) is 1. The molecule has 0 aliphatic rings. The van der Waals surface area contributed by atoms with Gasteiger partial charge >= 0.3 is 11.9 Å². The van der Waals surface area contributed by atoms with Crippen LogP contribution >= 0.6 is 15.9 Å². The van der Waals surface area contributed by atoms with Crippen molar-refractivity contribution in [3.63, 3.8) is 0 Å². The maximum absolute atomic E-state index is 11.0. The summed E-state index contributed by atoms with van der Waals surface area (Å²) in [6, 6.07) is 4.87. The molecule has 0 radical (unpaired) electrons. The number of methoxy groups -OCH3 is 1. The van der Waals surface area contributed by atoms with Crippen molar-refractivity contribution >= 4 is 27.9 Å². The molecular weight excluding hydrogens is 334 g/mol. The van der Waals surface area contributed by atoms with E-state index in [4.69, 9.17) is 19.4 Å². The third-order valence-corrected chi connectivity index (χ3v) is 3.12. The molecule has 0 aliphatic carbocycles. The molecular formula is C12H8BrNO6. The lowest BCUT2D eigenvalue weighted by Crippen LogP contribution is -2.05. The first-order valence-electron chi connectivity index (χ1n) is 5.25. The molecule has 8 heteroatoms. The summed E-state index contributed by atoms with van der Waals surface area (Å²) in [6.45, 7) is 0. The Hall–Kier alpha value is -2.35. The second kappa shape index (κ2) is 5.33. The van der Waals surface area contributed by atoms with Crippen LogP contribution in [-0.2, 0) is 0 Å². The molecule has 0 saturated carbocycles. The van der Waals surface area contributed by atoms with E-state index in [9.17, 15) is 9.59 Å². The SMILES string of the molecule is COc1ccc(Br)c(-c2nc(C(=O)O)c(C(=O)O)o2)c1. The number of rotatable bonds is 4. The van der Waals surface area contributed by atoms with Crippen LogP contribution in [0.2, 0.25) is 0 Å². The van der Waals surface area contributed by atoms with Crippen LogP contribution in [0.3, 0.4) is 0 Å². The molecule has 20 heavy (non-hydrogen) atoms. The summed E-state index contributed by atoms with van der Waals surface area (Å²) < 4.78 is 10.6. The number of halogens is 1. The average molecular weight is 342 g/mol. The van der Waals surface area contributed by atoms with E-state index in [0.717, 1.165) is 0 Å². The van der Waals surface area contributed by atoms with E-state index in [1.807, 2.05) is 0 Å². The predicted octanol–water partition coefficient (Wildman–Crippen LogP) is 2.51. The zero-order valence-corrected chi connectivity index (χ0v) is 11.7. The maximum atomic E-state index is 11.0. The largest absolute Gasteiger partial charge is 0.497 e. The van der Waals surface area contributed by atoms with Crippen LogP contribution < -0.4 is 4.74 Å². The molecule has 0 saturated heterocycles. The summed E-state index contributed by atoms with van der Waals surface area (Å²) in [5, 5.41) is 17.8. The van der Waals surface area contributed by atoms with Gasteiger partial charge in [-0.25, -0.2) is 14.6 Å². The van der Waals surface area contributed by atoms with Gasteiger partial charge in [-0.2, -0.15) is 0 Å². The van der Waals surface area contributed by atoms with Gasteiger partial charge in [0.2, 0.25) is 17.3 Å². The van der Waals surface area contributed by atoms with Crippen LogP contribution in [-0.4, -0.2) is 34.2 Å². The third kappa shape index (κ3) is 2.50. The Kier molecular flexibility index (Phi) is 3.75. The van der Waals surface area contributed by atoms with Gasteiger partial charge in [-0.1, -0.05) is 0 Å². The summed E-state index contributed by atoms with van der Waals surface area (Å²) in [5.74, 6) is -3.32. The smallest absolute Gasteiger partial charge is 0.374 e. The number of aromatic nitrogens is 1. The Labute approximate surface area is 120 Å². The Balaban J connectivity index is 2.61. The van der Waals surface area contributed by atoms with Gasteiger partial charge in [0.1, 0.15) is 5.75 Å². The lowest BCUT2D eigenvalue weighted by atomic mass is 10.2. The first kappa shape index (κ1) is 14.1. The Morgan fingerprint density at radius 3 is 2.50 bits per heavy atom. The molecule has 0 unspecified atom stereocenters. The predicted molar refractivity (Wildman–Crippen MR) is 70.1 cm³/mol. The molecule has 1 aromatic carbocycles. The number of hydrogen-bond donors (Lipinski definition) is 2. The monoisotopic (exact) mass is 341 g/mol. The number of carboxylic acids is 2. The Morgan fingerprint density at radius 2 is 2.00 bits per heavy atom. The van der Waals surface area contributed by atoms with Crippen molar-refractivity contribution in [3.05, 3.63) is 34.1 Å². The molecule has 0 bridgehead atoms. The fourth-order valence-corrected chi connectivity index (χ4v) is 1.94. The fraction of sp³-hybridized carbons (Fsp3) is 0.0833. The number of carboxylic acid groups (broad SMARTS) is 2. The molecule has 2 aromatic rings. The van der Waals surface area contributed by atoms with Crippen molar-refractivity contribution in [2.75, 3.05) is 7.11 Å². The second-order valence-electron chi connectivity index (χ2n) is 3.65. The molecule has 7 nitrogen and oxygen atoms in total. The molecule has 0 fully saturated rings. The summed E-state index contributed by atoms with van der Waals surface area (Å²) >= 11 is 3.25. The van der Waals surface area contributed by atoms with E-state index in [1.54, 1.807) is 18.2 Å². The maximum Gasteiger partial charge on any atom is 0.374 e. The van der Waals surface area contributed by atoms with Crippen LogP contribution in [0.15, 0.2) is 27.1 Å². The number of hydrogen-bond acceptors (Lipinski definition) is 5. The second-order valence-corrected chi connectivity index (χ2v) is 4.51. The van der Waals surface area contributed by atoms with Crippen molar-refractivity contribution in [1.82, 2.24) is 4.98 Å². The normalized spacial score (nSPS) is 10.3. The van der Waals surface area contributed by atoms with Crippen LogP contribution in [0, 0.1) is 0 Å². The van der Waals surface area contributed by atoms with E-state index in [1.165, 1.54) is 7.11 Å². The minimum absolute atomic E-state index is 0.120.